The number of fused-ring (bicyclic) bond motifs is 7. The normalized spacial score (nSPS) is 11.5. The van der Waals surface area contributed by atoms with E-state index in [1.165, 1.54) is 11.1 Å². The van der Waals surface area contributed by atoms with E-state index in [2.05, 4.69) is 126 Å². The Morgan fingerprint density at radius 1 is 0.425 bits per heavy atom. The number of benzene rings is 5. The zero-order valence-electron chi connectivity index (χ0n) is 21.6. The Morgan fingerprint density at radius 3 is 1.80 bits per heavy atom. The summed E-state index contributed by atoms with van der Waals surface area (Å²) in [6.45, 7) is 0. The van der Waals surface area contributed by atoms with Crippen LogP contribution in [-0.2, 0) is 0 Å². The van der Waals surface area contributed by atoms with Gasteiger partial charge >= 0.3 is 0 Å². The number of rotatable bonds is 3. The molecule has 0 spiro atoms. The molecule has 8 rings (SSSR count). The van der Waals surface area contributed by atoms with Gasteiger partial charge < -0.3 is 0 Å². The van der Waals surface area contributed by atoms with Crippen LogP contribution < -0.4 is 0 Å². The minimum Gasteiger partial charge on any atom is -0.254 e. The van der Waals surface area contributed by atoms with E-state index in [-0.39, 0.29) is 0 Å². The van der Waals surface area contributed by atoms with Gasteiger partial charge in [-0.1, -0.05) is 103 Å². The van der Waals surface area contributed by atoms with Crippen molar-refractivity contribution in [1.82, 2.24) is 15.0 Å². The molecule has 0 saturated carbocycles. The van der Waals surface area contributed by atoms with Crippen LogP contribution in [0.4, 0.5) is 0 Å². The van der Waals surface area contributed by atoms with Crippen molar-refractivity contribution in [2.45, 2.75) is 0 Å². The molecule has 3 heterocycles. The van der Waals surface area contributed by atoms with E-state index >= 15 is 0 Å². The van der Waals surface area contributed by atoms with Crippen LogP contribution in [0.3, 0.4) is 0 Å². The minimum atomic E-state index is 0.878. The molecule has 0 aliphatic carbocycles. The highest BCUT2D eigenvalue weighted by atomic mass is 14.8. The molecule has 3 nitrogen and oxygen atoms in total. The summed E-state index contributed by atoms with van der Waals surface area (Å²) < 4.78 is 0. The van der Waals surface area contributed by atoms with Crippen molar-refractivity contribution in [2.75, 3.05) is 0 Å². The molecule has 0 N–H and O–H groups in total. The van der Waals surface area contributed by atoms with Gasteiger partial charge in [0, 0.05) is 33.3 Å². The Bertz CT molecular complexity index is 2150. The summed E-state index contributed by atoms with van der Waals surface area (Å²) in [6, 6.07) is 44.8. The van der Waals surface area contributed by atoms with Crippen LogP contribution in [0.2, 0.25) is 0 Å². The molecule has 0 atom stereocenters. The van der Waals surface area contributed by atoms with Crippen molar-refractivity contribution in [3.05, 3.63) is 140 Å². The Balaban J connectivity index is 1.45. The van der Waals surface area contributed by atoms with Gasteiger partial charge in [-0.25, -0.2) is 4.98 Å². The van der Waals surface area contributed by atoms with Crippen molar-refractivity contribution in [3.63, 3.8) is 0 Å². The second-order valence-electron chi connectivity index (χ2n) is 10.1. The molecule has 5 aromatic carbocycles. The van der Waals surface area contributed by atoms with E-state index in [0.29, 0.717) is 0 Å². The highest BCUT2D eigenvalue weighted by Gasteiger charge is 2.16. The molecule has 0 aliphatic rings. The van der Waals surface area contributed by atoms with Gasteiger partial charge in [0.15, 0.2) is 0 Å². The standard InChI is InChI=1S/C37H23N3/c1-3-10-24(11-4-1)27-20-28(25-12-5-2-6-13-25)22-29(21-27)35-31-16-8-7-15-30(31)34-32-18-17-26-14-9-19-38-36(26)37(32)39-23-33(34)40-35/h1-23H. The third-order valence-electron chi connectivity index (χ3n) is 7.69. The molecule has 3 aromatic heterocycles. The first-order chi connectivity index (χ1) is 19.8. The van der Waals surface area contributed by atoms with Crippen molar-refractivity contribution in [1.29, 1.82) is 0 Å². The second-order valence-corrected chi connectivity index (χ2v) is 10.1. The quantitative estimate of drug-likeness (QED) is 0.223. The van der Waals surface area contributed by atoms with Gasteiger partial charge in [-0.3, -0.25) is 9.97 Å². The number of aromatic nitrogens is 3. The Kier molecular flexibility index (Phi) is 5.14. The van der Waals surface area contributed by atoms with E-state index < -0.39 is 0 Å². The summed E-state index contributed by atoms with van der Waals surface area (Å²) in [5.41, 5.74) is 9.42. The largest absolute Gasteiger partial charge is 0.254 e. The maximum absolute atomic E-state index is 5.29. The van der Waals surface area contributed by atoms with Crippen molar-refractivity contribution < 1.29 is 0 Å². The van der Waals surface area contributed by atoms with Gasteiger partial charge in [0.05, 0.1) is 28.4 Å². The lowest BCUT2D eigenvalue weighted by molar-refractivity contribution is 1.36. The molecule has 0 saturated heterocycles. The molecule has 0 bridgehead atoms. The van der Waals surface area contributed by atoms with Crippen molar-refractivity contribution >= 4 is 43.5 Å². The van der Waals surface area contributed by atoms with Crippen LogP contribution in [0.15, 0.2) is 140 Å². The van der Waals surface area contributed by atoms with E-state index in [9.17, 15) is 0 Å². The summed E-state index contributed by atoms with van der Waals surface area (Å²) >= 11 is 0. The summed E-state index contributed by atoms with van der Waals surface area (Å²) in [5, 5.41) is 5.55. The highest BCUT2D eigenvalue weighted by molar-refractivity contribution is 6.23. The molecule has 0 aliphatic heterocycles. The topological polar surface area (TPSA) is 38.7 Å². The number of hydrogen-bond acceptors (Lipinski definition) is 3. The first-order valence-electron chi connectivity index (χ1n) is 13.4. The molecule has 0 amide bonds. The average molecular weight is 510 g/mol. The van der Waals surface area contributed by atoms with Gasteiger partial charge in [0.25, 0.3) is 0 Å². The van der Waals surface area contributed by atoms with E-state index in [1.807, 2.05) is 18.5 Å². The Labute approximate surface area is 231 Å². The predicted octanol–water partition coefficient (Wildman–Crippen LogP) is 9.49. The van der Waals surface area contributed by atoms with E-state index in [4.69, 9.17) is 9.97 Å². The lowest BCUT2D eigenvalue weighted by Crippen LogP contribution is -1.94. The summed E-state index contributed by atoms with van der Waals surface area (Å²) in [4.78, 5) is 14.8. The Hall–Kier alpha value is -5.41. The van der Waals surface area contributed by atoms with Gasteiger partial charge in [-0.05, 0) is 51.9 Å². The second kappa shape index (κ2) is 9.11. The zero-order chi connectivity index (χ0) is 26.5. The molecule has 186 valence electrons. The van der Waals surface area contributed by atoms with Crippen LogP contribution in [0, 0.1) is 0 Å². The maximum atomic E-state index is 5.29. The van der Waals surface area contributed by atoms with Crippen LogP contribution in [0.5, 0.6) is 0 Å². The third-order valence-corrected chi connectivity index (χ3v) is 7.69. The molecule has 0 unspecified atom stereocenters. The van der Waals surface area contributed by atoms with Gasteiger partial charge in [0.1, 0.15) is 0 Å². The van der Waals surface area contributed by atoms with Crippen LogP contribution in [-0.4, -0.2) is 15.0 Å². The van der Waals surface area contributed by atoms with E-state index in [1.54, 1.807) is 0 Å². The summed E-state index contributed by atoms with van der Waals surface area (Å²) in [7, 11) is 0. The molecule has 0 fully saturated rings. The van der Waals surface area contributed by atoms with Crippen LogP contribution in [0.1, 0.15) is 0 Å². The Morgan fingerprint density at radius 2 is 1.07 bits per heavy atom. The summed E-state index contributed by atoms with van der Waals surface area (Å²) in [6.07, 6.45) is 3.73. The lowest BCUT2D eigenvalue weighted by atomic mass is 9.92. The first-order valence-corrected chi connectivity index (χ1v) is 13.4. The molecule has 40 heavy (non-hydrogen) atoms. The predicted molar refractivity (Wildman–Crippen MR) is 166 cm³/mol. The number of pyridine rings is 3. The molecular formula is C37H23N3. The van der Waals surface area contributed by atoms with Crippen molar-refractivity contribution in [3.8, 4) is 33.5 Å². The van der Waals surface area contributed by atoms with Crippen LogP contribution >= 0.6 is 0 Å². The van der Waals surface area contributed by atoms with Crippen molar-refractivity contribution in [2.24, 2.45) is 0 Å². The smallest absolute Gasteiger partial charge is 0.0972 e. The SMILES string of the molecule is c1ccc(-c2cc(-c3ccccc3)cc(-c3nc4cnc5c(ccc6cccnc65)c4c4ccccc34)c2)cc1. The zero-order valence-corrected chi connectivity index (χ0v) is 21.6. The summed E-state index contributed by atoms with van der Waals surface area (Å²) in [5.74, 6) is 0. The first kappa shape index (κ1) is 22.6. The highest BCUT2D eigenvalue weighted by Crippen LogP contribution is 2.39. The average Bonchev–Trinajstić information content (AvgIpc) is 3.04. The molecular weight excluding hydrogens is 486 g/mol. The molecule has 8 aromatic rings. The van der Waals surface area contributed by atoms with Crippen LogP contribution in [0.25, 0.3) is 77.0 Å². The molecule has 0 radical (unpaired) electrons. The monoisotopic (exact) mass is 509 g/mol. The number of nitrogens with zero attached hydrogens (tertiary/aromatic N) is 3. The molecule has 3 heteroatoms. The minimum absolute atomic E-state index is 0.878. The lowest BCUT2D eigenvalue weighted by Gasteiger charge is -2.15. The third kappa shape index (κ3) is 3.63. The fourth-order valence-electron chi connectivity index (χ4n) is 5.83. The van der Waals surface area contributed by atoms with E-state index in [0.717, 1.165) is 65.9 Å². The number of hydrogen-bond donors (Lipinski definition) is 0. The fourth-order valence-corrected chi connectivity index (χ4v) is 5.83. The fraction of sp³-hybridized carbons (Fsp3) is 0. The maximum Gasteiger partial charge on any atom is 0.0972 e. The van der Waals surface area contributed by atoms with Gasteiger partial charge in [-0.2, -0.15) is 0 Å². The van der Waals surface area contributed by atoms with Gasteiger partial charge in [0.2, 0.25) is 0 Å². The van der Waals surface area contributed by atoms with Gasteiger partial charge in [-0.15, -0.1) is 0 Å².